The summed E-state index contributed by atoms with van der Waals surface area (Å²) in [5.74, 6) is -0.721. The maximum absolute atomic E-state index is 14.0. The van der Waals surface area contributed by atoms with E-state index in [0.29, 0.717) is 18.7 Å². The summed E-state index contributed by atoms with van der Waals surface area (Å²) in [5, 5.41) is 2.82. The summed E-state index contributed by atoms with van der Waals surface area (Å²) >= 11 is 0. The third-order valence-corrected chi connectivity index (χ3v) is 8.14. The fourth-order valence-electron chi connectivity index (χ4n) is 4.37. The van der Waals surface area contributed by atoms with Crippen molar-refractivity contribution in [3.8, 4) is 0 Å². The third-order valence-electron chi connectivity index (χ3n) is 6.35. The molecule has 1 N–H and O–H groups in total. The van der Waals surface area contributed by atoms with Gasteiger partial charge in [0.25, 0.3) is 10.0 Å². The van der Waals surface area contributed by atoms with Crippen molar-refractivity contribution >= 4 is 27.5 Å². The number of nitrogens with one attached hydrogen (secondary N) is 1. The van der Waals surface area contributed by atoms with Crippen LogP contribution in [0.5, 0.6) is 0 Å². The number of hydrogen-bond donors (Lipinski definition) is 1. The van der Waals surface area contributed by atoms with Gasteiger partial charge in [-0.05, 0) is 69.5 Å². The number of likely N-dealkylation sites (N-methyl/N-ethyl adjacent to an activating group) is 1. The molecule has 8 heteroatoms. The van der Waals surface area contributed by atoms with Gasteiger partial charge in [-0.2, -0.15) is 0 Å². The van der Waals surface area contributed by atoms with Crippen molar-refractivity contribution in [3.63, 3.8) is 0 Å². The Bertz CT molecular complexity index is 1370. The van der Waals surface area contributed by atoms with Gasteiger partial charge in [0.05, 0.1) is 10.6 Å². The van der Waals surface area contributed by atoms with Gasteiger partial charge in [-0.3, -0.25) is 13.9 Å². The fourth-order valence-corrected chi connectivity index (χ4v) is 5.77. The van der Waals surface area contributed by atoms with Crippen LogP contribution in [0.1, 0.15) is 42.5 Å². The van der Waals surface area contributed by atoms with Crippen molar-refractivity contribution in [2.24, 2.45) is 0 Å². The summed E-state index contributed by atoms with van der Waals surface area (Å²) in [7, 11) is -4.07. The van der Waals surface area contributed by atoms with Gasteiger partial charge >= 0.3 is 0 Å². The van der Waals surface area contributed by atoms with Gasteiger partial charge < -0.3 is 10.2 Å². The van der Waals surface area contributed by atoms with E-state index in [-0.39, 0.29) is 17.3 Å². The van der Waals surface area contributed by atoms with E-state index < -0.39 is 28.5 Å². The van der Waals surface area contributed by atoms with Crippen LogP contribution >= 0.6 is 0 Å². The van der Waals surface area contributed by atoms with Gasteiger partial charge in [-0.15, -0.1) is 0 Å². The maximum Gasteiger partial charge on any atom is 0.264 e. The van der Waals surface area contributed by atoms with Crippen LogP contribution in [0.4, 0.5) is 5.69 Å². The minimum absolute atomic E-state index is 0.0957. The predicted molar refractivity (Wildman–Crippen MR) is 151 cm³/mol. The summed E-state index contributed by atoms with van der Waals surface area (Å²) in [6.45, 7) is 9.55. The van der Waals surface area contributed by atoms with Crippen LogP contribution in [-0.2, 0) is 26.2 Å². The second kappa shape index (κ2) is 12.7. The molecule has 0 bridgehead atoms. The number of sulfonamides is 1. The van der Waals surface area contributed by atoms with Crippen LogP contribution < -0.4 is 9.62 Å². The number of carbonyl (C=O) groups is 2. The molecule has 3 aromatic carbocycles. The molecule has 0 aromatic heterocycles. The first kappa shape index (κ1) is 28.9. The highest BCUT2D eigenvalue weighted by molar-refractivity contribution is 7.92. The second-order valence-corrected chi connectivity index (χ2v) is 11.4. The van der Waals surface area contributed by atoms with Crippen molar-refractivity contribution in [3.05, 3.63) is 95.1 Å². The molecule has 2 amide bonds. The van der Waals surface area contributed by atoms with E-state index in [2.05, 4.69) is 5.32 Å². The van der Waals surface area contributed by atoms with Crippen LogP contribution in [0, 0.1) is 20.8 Å². The zero-order valence-corrected chi connectivity index (χ0v) is 23.6. The fraction of sp³-hybridized carbons (Fsp3) is 0.333. The Morgan fingerprint density at radius 1 is 0.842 bits per heavy atom. The summed E-state index contributed by atoms with van der Waals surface area (Å²) in [6, 6.07) is 20.6. The van der Waals surface area contributed by atoms with E-state index in [1.54, 1.807) is 42.5 Å². The van der Waals surface area contributed by atoms with Gasteiger partial charge in [0.15, 0.2) is 0 Å². The molecule has 0 aliphatic carbocycles. The maximum atomic E-state index is 14.0. The molecule has 0 radical (unpaired) electrons. The van der Waals surface area contributed by atoms with Gasteiger partial charge in [0.2, 0.25) is 11.8 Å². The average molecular weight is 536 g/mol. The Morgan fingerprint density at radius 3 is 2.05 bits per heavy atom. The number of hydrogen-bond acceptors (Lipinski definition) is 4. The van der Waals surface area contributed by atoms with Gasteiger partial charge in [-0.1, -0.05) is 66.6 Å². The monoisotopic (exact) mass is 535 g/mol. The lowest BCUT2D eigenvalue weighted by atomic mass is 10.1. The minimum Gasteiger partial charge on any atom is -0.355 e. The van der Waals surface area contributed by atoms with E-state index in [9.17, 15) is 18.0 Å². The lowest BCUT2D eigenvalue weighted by Crippen LogP contribution is -2.52. The molecule has 1 atom stereocenters. The van der Waals surface area contributed by atoms with Gasteiger partial charge in [-0.25, -0.2) is 8.42 Å². The third kappa shape index (κ3) is 7.01. The lowest BCUT2D eigenvalue weighted by molar-refractivity contribution is -0.140. The molecule has 0 spiro atoms. The Balaban J connectivity index is 2.06. The smallest absolute Gasteiger partial charge is 0.264 e. The average Bonchev–Trinajstić information content (AvgIpc) is 2.87. The highest BCUT2D eigenvalue weighted by Crippen LogP contribution is 2.26. The molecule has 0 saturated heterocycles. The Kier molecular flexibility index (Phi) is 9.69. The molecule has 0 unspecified atom stereocenters. The van der Waals surface area contributed by atoms with Crippen molar-refractivity contribution in [2.45, 2.75) is 58.5 Å². The number of amides is 2. The Labute approximate surface area is 226 Å². The molecule has 3 aromatic rings. The van der Waals surface area contributed by atoms with E-state index in [0.717, 1.165) is 26.6 Å². The van der Waals surface area contributed by atoms with Crippen LogP contribution in [0.3, 0.4) is 0 Å². The summed E-state index contributed by atoms with van der Waals surface area (Å²) in [5.41, 5.74) is 4.08. The molecule has 0 heterocycles. The minimum atomic E-state index is -4.07. The quantitative estimate of drug-likeness (QED) is 0.384. The Morgan fingerprint density at radius 2 is 1.47 bits per heavy atom. The van der Waals surface area contributed by atoms with E-state index >= 15 is 0 Å². The predicted octanol–water partition coefficient (Wildman–Crippen LogP) is 4.75. The van der Waals surface area contributed by atoms with Crippen LogP contribution in [0.2, 0.25) is 0 Å². The number of anilines is 1. The van der Waals surface area contributed by atoms with Crippen molar-refractivity contribution in [1.29, 1.82) is 0 Å². The molecule has 0 aliphatic heterocycles. The number of nitrogens with zero attached hydrogens (tertiary/aromatic N) is 2. The molecule has 0 fully saturated rings. The van der Waals surface area contributed by atoms with E-state index in [1.807, 2.05) is 65.0 Å². The first-order valence-electron chi connectivity index (χ1n) is 12.9. The van der Waals surface area contributed by atoms with Gasteiger partial charge in [0, 0.05) is 13.1 Å². The Hall–Kier alpha value is -3.65. The molecule has 202 valence electrons. The number of rotatable bonds is 11. The van der Waals surface area contributed by atoms with Crippen molar-refractivity contribution in [2.75, 3.05) is 17.4 Å². The highest BCUT2D eigenvalue weighted by atomic mass is 32.2. The zero-order valence-electron chi connectivity index (χ0n) is 22.8. The van der Waals surface area contributed by atoms with Crippen LogP contribution in [-0.4, -0.2) is 44.3 Å². The van der Waals surface area contributed by atoms with Gasteiger partial charge in [0.1, 0.15) is 12.6 Å². The molecular formula is C30H37N3O4S. The van der Waals surface area contributed by atoms with E-state index in [4.69, 9.17) is 0 Å². The normalized spacial score (nSPS) is 12.0. The highest BCUT2D eigenvalue weighted by Gasteiger charge is 2.33. The summed E-state index contributed by atoms with van der Waals surface area (Å²) in [6.07, 6.45) is 0.387. The van der Waals surface area contributed by atoms with Crippen molar-refractivity contribution < 1.29 is 18.0 Å². The SMILES string of the molecule is CCNC(=O)[C@@H](CC)N(Cc1cccc(C)c1)C(=O)CN(c1cccc(C)c1)S(=O)(=O)c1ccc(C)cc1. The summed E-state index contributed by atoms with van der Waals surface area (Å²) in [4.78, 5) is 28.6. The second-order valence-electron chi connectivity index (χ2n) is 9.49. The summed E-state index contributed by atoms with van der Waals surface area (Å²) < 4.78 is 28.9. The van der Waals surface area contributed by atoms with Crippen molar-refractivity contribution in [1.82, 2.24) is 10.2 Å². The topological polar surface area (TPSA) is 86.8 Å². The first-order valence-corrected chi connectivity index (χ1v) is 14.3. The molecule has 0 saturated carbocycles. The molecule has 38 heavy (non-hydrogen) atoms. The molecule has 3 rings (SSSR count). The zero-order chi connectivity index (χ0) is 27.9. The number of benzene rings is 3. The van der Waals surface area contributed by atoms with Crippen LogP contribution in [0.25, 0.3) is 0 Å². The van der Waals surface area contributed by atoms with E-state index in [1.165, 1.54) is 4.90 Å². The number of aryl methyl sites for hydroxylation is 3. The first-order chi connectivity index (χ1) is 18.1. The standard InChI is InChI=1S/C30H37N3O4S/c1-6-28(30(35)31-7-2)32(20-25-12-8-10-23(4)18-25)29(34)21-33(26-13-9-11-24(5)19-26)38(36,37)27-16-14-22(3)15-17-27/h8-19,28H,6-7,20-21H2,1-5H3,(H,31,35)/t28-/m1/s1. The van der Waals surface area contributed by atoms with Crippen LogP contribution in [0.15, 0.2) is 77.7 Å². The molecule has 7 nitrogen and oxygen atoms in total. The molecular weight excluding hydrogens is 498 g/mol. The molecule has 0 aliphatic rings. The lowest BCUT2D eigenvalue weighted by Gasteiger charge is -2.33. The largest absolute Gasteiger partial charge is 0.355 e. The number of carbonyl (C=O) groups excluding carboxylic acids is 2.